The fourth-order valence-electron chi connectivity index (χ4n) is 4.86. The van der Waals surface area contributed by atoms with Crippen molar-refractivity contribution in [1.82, 2.24) is 25.2 Å². The molecule has 1 aromatic heterocycles. The Morgan fingerprint density at radius 3 is 2.69 bits per heavy atom. The molecule has 0 saturated carbocycles. The summed E-state index contributed by atoms with van der Waals surface area (Å²) in [5.74, 6) is -0.966. The summed E-state index contributed by atoms with van der Waals surface area (Å²) in [5, 5.41) is 11.2. The number of hydrogen-bond donors (Lipinski definition) is 1. The standard InChI is InChI=1S/C29H30FN5O4/c1-38-26-15-7-2-9-20(26)18-34(27(36)19-35-25-14-6-5-13-24(25)32-33-35)28(22-11-3-4-12-23(22)30)29(37)31-17-21-10-8-16-39-21/h2-7,9,11-15,21,28H,8,10,16-19H2,1H3,(H,31,37)/t21-,28-/m1/s1. The van der Waals surface area contributed by atoms with Crippen molar-refractivity contribution in [3.63, 3.8) is 0 Å². The van der Waals surface area contributed by atoms with E-state index in [9.17, 15) is 9.59 Å². The number of halogens is 1. The van der Waals surface area contributed by atoms with Crippen LogP contribution in [0.15, 0.2) is 72.8 Å². The van der Waals surface area contributed by atoms with Crippen molar-refractivity contribution in [3.8, 4) is 5.75 Å². The third kappa shape index (κ3) is 5.91. The molecule has 1 aliphatic heterocycles. The highest BCUT2D eigenvalue weighted by atomic mass is 19.1. The average molecular weight is 532 g/mol. The first-order valence-electron chi connectivity index (χ1n) is 12.9. The number of amides is 2. The van der Waals surface area contributed by atoms with Crippen LogP contribution in [0.2, 0.25) is 0 Å². The predicted octanol–water partition coefficient (Wildman–Crippen LogP) is 3.64. The van der Waals surface area contributed by atoms with Gasteiger partial charge >= 0.3 is 0 Å². The summed E-state index contributed by atoms with van der Waals surface area (Å²) in [7, 11) is 1.54. The number of carbonyl (C=O) groups excluding carboxylic acids is 2. The minimum Gasteiger partial charge on any atom is -0.496 e. The first-order chi connectivity index (χ1) is 19.0. The van der Waals surface area contributed by atoms with Crippen LogP contribution in [-0.4, -0.2) is 58.1 Å². The van der Waals surface area contributed by atoms with E-state index in [4.69, 9.17) is 9.47 Å². The number of nitrogens with one attached hydrogen (secondary N) is 1. The molecule has 1 N–H and O–H groups in total. The van der Waals surface area contributed by atoms with Gasteiger partial charge < -0.3 is 19.7 Å². The van der Waals surface area contributed by atoms with Gasteiger partial charge in [-0.1, -0.05) is 53.7 Å². The molecule has 4 aromatic rings. The molecular weight excluding hydrogens is 501 g/mol. The van der Waals surface area contributed by atoms with Crippen molar-refractivity contribution in [2.24, 2.45) is 0 Å². The second kappa shape index (κ2) is 12.0. The molecule has 0 spiro atoms. The summed E-state index contributed by atoms with van der Waals surface area (Å²) >= 11 is 0. The highest BCUT2D eigenvalue weighted by Gasteiger charge is 2.35. The van der Waals surface area contributed by atoms with Crippen LogP contribution in [0.4, 0.5) is 4.39 Å². The summed E-state index contributed by atoms with van der Waals surface area (Å²) in [4.78, 5) is 29.2. The number of para-hydroxylation sites is 2. The van der Waals surface area contributed by atoms with Crippen LogP contribution in [0.1, 0.15) is 30.0 Å². The Labute approximate surface area is 225 Å². The Kier molecular flexibility index (Phi) is 8.12. The van der Waals surface area contributed by atoms with Gasteiger partial charge in [0, 0.05) is 24.3 Å². The van der Waals surface area contributed by atoms with E-state index in [1.165, 1.54) is 28.8 Å². The smallest absolute Gasteiger partial charge is 0.247 e. The summed E-state index contributed by atoms with van der Waals surface area (Å²) in [6.45, 7) is 0.719. The molecule has 5 rings (SSSR count). The van der Waals surface area contributed by atoms with E-state index in [0.717, 1.165) is 12.8 Å². The molecule has 0 aliphatic carbocycles. The first kappa shape index (κ1) is 26.3. The maximum Gasteiger partial charge on any atom is 0.247 e. The van der Waals surface area contributed by atoms with Gasteiger partial charge in [-0.25, -0.2) is 9.07 Å². The molecule has 9 nitrogen and oxygen atoms in total. The number of rotatable bonds is 10. The fraction of sp³-hybridized carbons (Fsp3) is 0.310. The van der Waals surface area contributed by atoms with Crippen LogP contribution < -0.4 is 10.1 Å². The van der Waals surface area contributed by atoms with Crippen LogP contribution in [-0.2, 0) is 27.4 Å². The van der Waals surface area contributed by atoms with Crippen LogP contribution >= 0.6 is 0 Å². The first-order valence-corrected chi connectivity index (χ1v) is 12.9. The van der Waals surface area contributed by atoms with Gasteiger partial charge in [0.2, 0.25) is 11.8 Å². The van der Waals surface area contributed by atoms with E-state index in [1.807, 2.05) is 36.4 Å². The molecule has 202 valence electrons. The van der Waals surface area contributed by atoms with Crippen molar-refractivity contribution < 1.29 is 23.5 Å². The van der Waals surface area contributed by atoms with Gasteiger partial charge in [-0.3, -0.25) is 9.59 Å². The number of ether oxygens (including phenoxy) is 2. The van der Waals surface area contributed by atoms with Crippen LogP contribution in [0.25, 0.3) is 11.0 Å². The summed E-state index contributed by atoms with van der Waals surface area (Å²) in [6, 6.07) is 19.3. The molecule has 0 bridgehead atoms. The molecule has 2 heterocycles. The Bertz CT molecular complexity index is 1450. The summed E-state index contributed by atoms with van der Waals surface area (Å²) in [5.41, 5.74) is 2.08. The maximum absolute atomic E-state index is 15.2. The average Bonchev–Trinajstić information content (AvgIpc) is 3.63. The lowest BCUT2D eigenvalue weighted by Crippen LogP contribution is -2.46. The lowest BCUT2D eigenvalue weighted by molar-refractivity contribution is -0.142. The highest BCUT2D eigenvalue weighted by Crippen LogP contribution is 2.29. The van der Waals surface area contributed by atoms with Gasteiger partial charge in [0.15, 0.2) is 0 Å². The number of carbonyl (C=O) groups is 2. The third-order valence-corrected chi connectivity index (χ3v) is 6.85. The van der Waals surface area contributed by atoms with E-state index >= 15 is 4.39 Å². The SMILES string of the molecule is COc1ccccc1CN(C(=O)Cn1nnc2ccccc21)[C@@H](C(=O)NC[C@H]1CCCO1)c1ccccc1F. The minimum absolute atomic E-state index is 0.00181. The van der Waals surface area contributed by atoms with Gasteiger partial charge in [-0.05, 0) is 37.1 Å². The summed E-state index contributed by atoms with van der Waals surface area (Å²) in [6.07, 6.45) is 1.63. The van der Waals surface area contributed by atoms with Gasteiger partial charge in [0.1, 0.15) is 29.7 Å². The van der Waals surface area contributed by atoms with Gasteiger partial charge in [-0.2, -0.15) is 0 Å². The van der Waals surface area contributed by atoms with Crippen LogP contribution in [0, 0.1) is 5.82 Å². The van der Waals surface area contributed by atoms with Crippen LogP contribution in [0.5, 0.6) is 5.75 Å². The van der Waals surface area contributed by atoms with Gasteiger partial charge in [0.05, 0.1) is 25.3 Å². The number of fused-ring (bicyclic) bond motifs is 1. The van der Waals surface area contributed by atoms with Crippen molar-refractivity contribution in [3.05, 3.63) is 89.7 Å². The largest absolute Gasteiger partial charge is 0.496 e. The monoisotopic (exact) mass is 531 g/mol. The predicted molar refractivity (Wildman–Crippen MR) is 142 cm³/mol. The normalized spacial score (nSPS) is 15.7. The number of aromatic nitrogens is 3. The molecule has 1 saturated heterocycles. The van der Waals surface area contributed by atoms with Crippen molar-refractivity contribution in [1.29, 1.82) is 0 Å². The lowest BCUT2D eigenvalue weighted by Gasteiger charge is -2.32. The number of methoxy groups -OCH3 is 1. The third-order valence-electron chi connectivity index (χ3n) is 6.85. The Hall–Kier alpha value is -4.31. The zero-order valence-corrected chi connectivity index (χ0v) is 21.6. The van der Waals surface area contributed by atoms with E-state index in [0.29, 0.717) is 29.0 Å². The zero-order chi connectivity index (χ0) is 27.2. The quantitative estimate of drug-likeness (QED) is 0.336. The second-order valence-corrected chi connectivity index (χ2v) is 9.37. The number of hydrogen-bond acceptors (Lipinski definition) is 6. The number of nitrogens with zero attached hydrogens (tertiary/aromatic N) is 4. The molecule has 1 fully saturated rings. The van der Waals surface area contributed by atoms with Gasteiger partial charge in [0.25, 0.3) is 0 Å². The second-order valence-electron chi connectivity index (χ2n) is 9.37. The molecule has 1 aliphatic rings. The fourth-order valence-corrected chi connectivity index (χ4v) is 4.86. The lowest BCUT2D eigenvalue weighted by atomic mass is 10.0. The van der Waals surface area contributed by atoms with Crippen molar-refractivity contribution in [2.75, 3.05) is 20.3 Å². The summed E-state index contributed by atoms with van der Waals surface area (Å²) < 4.78 is 27.9. The Balaban J connectivity index is 1.53. The molecule has 0 radical (unpaired) electrons. The molecule has 3 aromatic carbocycles. The Morgan fingerprint density at radius 2 is 1.90 bits per heavy atom. The molecule has 0 unspecified atom stereocenters. The zero-order valence-electron chi connectivity index (χ0n) is 21.6. The molecule has 2 atom stereocenters. The molecule has 39 heavy (non-hydrogen) atoms. The molecule has 2 amide bonds. The number of benzene rings is 3. The highest BCUT2D eigenvalue weighted by molar-refractivity contribution is 5.89. The van der Waals surface area contributed by atoms with Gasteiger partial charge in [-0.15, -0.1) is 5.10 Å². The van der Waals surface area contributed by atoms with Crippen molar-refractivity contribution in [2.45, 2.75) is 38.1 Å². The molecule has 10 heteroatoms. The van der Waals surface area contributed by atoms with E-state index < -0.39 is 23.7 Å². The molecular formula is C29H30FN5O4. The van der Waals surface area contributed by atoms with E-state index in [-0.39, 0.29) is 31.3 Å². The van der Waals surface area contributed by atoms with Crippen LogP contribution in [0.3, 0.4) is 0 Å². The minimum atomic E-state index is -1.25. The van der Waals surface area contributed by atoms with E-state index in [2.05, 4.69) is 15.6 Å². The van der Waals surface area contributed by atoms with E-state index in [1.54, 1.807) is 24.3 Å². The Morgan fingerprint density at radius 1 is 1.13 bits per heavy atom. The van der Waals surface area contributed by atoms with Crippen molar-refractivity contribution >= 4 is 22.8 Å². The topological polar surface area (TPSA) is 98.6 Å². The maximum atomic E-state index is 15.2.